The van der Waals surface area contributed by atoms with E-state index in [-0.39, 0.29) is 11.9 Å². The van der Waals surface area contributed by atoms with Crippen molar-refractivity contribution < 1.29 is 4.79 Å². The Kier molecular flexibility index (Phi) is 3.70. The zero-order valence-corrected chi connectivity index (χ0v) is 15.1. The fourth-order valence-corrected chi connectivity index (χ4v) is 3.66. The summed E-state index contributed by atoms with van der Waals surface area (Å²) in [5.74, 6) is -0.124. The largest absolute Gasteiger partial charge is 0.295 e. The number of aromatic nitrogens is 2. The lowest BCUT2D eigenvalue weighted by molar-refractivity contribution is 0.0989. The van der Waals surface area contributed by atoms with Crippen molar-refractivity contribution in [3.63, 3.8) is 0 Å². The van der Waals surface area contributed by atoms with Crippen LogP contribution in [0.15, 0.2) is 53.0 Å². The number of hydrogen-bond acceptors (Lipinski definition) is 2. The summed E-state index contributed by atoms with van der Waals surface area (Å²) in [6.07, 6.45) is 0. The van der Waals surface area contributed by atoms with Crippen molar-refractivity contribution in [2.75, 3.05) is 4.90 Å². The molecule has 6 heteroatoms. The molecule has 4 nitrogen and oxygen atoms in total. The molecule has 2 heterocycles. The van der Waals surface area contributed by atoms with Crippen LogP contribution in [0.25, 0.3) is 0 Å². The smallest absolute Gasteiger partial charge is 0.280 e. The molecular formula is C18H13BrClN3O. The molecule has 3 aromatic rings. The third-order valence-corrected chi connectivity index (χ3v) is 5.13. The van der Waals surface area contributed by atoms with Crippen LogP contribution in [0.1, 0.15) is 33.4 Å². The van der Waals surface area contributed by atoms with Gasteiger partial charge in [-0.1, -0.05) is 45.7 Å². The first kappa shape index (κ1) is 15.4. The number of halogens is 2. The van der Waals surface area contributed by atoms with E-state index >= 15 is 0 Å². The number of H-pyrrole nitrogens is 1. The van der Waals surface area contributed by atoms with Gasteiger partial charge in [0, 0.05) is 26.4 Å². The Morgan fingerprint density at radius 3 is 2.58 bits per heavy atom. The van der Waals surface area contributed by atoms with E-state index in [0.717, 1.165) is 27.0 Å². The van der Waals surface area contributed by atoms with Crippen LogP contribution in [-0.2, 0) is 0 Å². The van der Waals surface area contributed by atoms with Crippen LogP contribution in [0.5, 0.6) is 0 Å². The Morgan fingerprint density at radius 1 is 1.17 bits per heavy atom. The van der Waals surface area contributed by atoms with Gasteiger partial charge < -0.3 is 0 Å². The van der Waals surface area contributed by atoms with Crippen LogP contribution in [-0.4, -0.2) is 16.1 Å². The summed E-state index contributed by atoms with van der Waals surface area (Å²) < 4.78 is 0.960. The zero-order chi connectivity index (χ0) is 16.8. The van der Waals surface area contributed by atoms with Gasteiger partial charge >= 0.3 is 0 Å². The topological polar surface area (TPSA) is 49.0 Å². The Hall–Kier alpha value is -2.11. The standard InChI is InChI=1S/C18H13BrClN3O/c1-10-15-16(22-21-10)18(24)23(12-8-6-11(19)7-9-12)17(15)13-4-2-3-5-14(13)20/h2-9,17H,1H3,(H,21,22)/t17-/m0/s1. The van der Waals surface area contributed by atoms with E-state index < -0.39 is 0 Å². The van der Waals surface area contributed by atoms with Gasteiger partial charge in [-0.25, -0.2) is 0 Å². The lowest BCUT2D eigenvalue weighted by atomic mass is 9.99. The number of rotatable bonds is 2. The highest BCUT2D eigenvalue weighted by Crippen LogP contribution is 2.44. The minimum Gasteiger partial charge on any atom is -0.295 e. The molecule has 1 aromatic heterocycles. The first-order chi connectivity index (χ1) is 11.6. The molecule has 1 atom stereocenters. The highest BCUT2D eigenvalue weighted by atomic mass is 79.9. The SMILES string of the molecule is Cc1[nH]nc2c1[C@H](c1ccccc1Cl)N(c1ccc(Br)cc1)C2=O. The molecule has 2 aromatic carbocycles. The molecule has 0 spiro atoms. The number of nitrogens with zero attached hydrogens (tertiary/aromatic N) is 2. The summed E-state index contributed by atoms with van der Waals surface area (Å²) in [6, 6.07) is 15.0. The average molecular weight is 403 g/mol. The Balaban J connectivity index is 1.94. The fraction of sp³-hybridized carbons (Fsp3) is 0.111. The van der Waals surface area contributed by atoms with Crippen LogP contribution >= 0.6 is 27.5 Å². The summed E-state index contributed by atoms with van der Waals surface area (Å²) in [4.78, 5) is 14.7. The minimum absolute atomic E-state index is 0.124. The molecule has 1 aliphatic rings. The second kappa shape index (κ2) is 5.76. The number of carbonyl (C=O) groups excluding carboxylic acids is 1. The Labute approximate surface area is 152 Å². The third-order valence-electron chi connectivity index (χ3n) is 4.25. The third kappa shape index (κ3) is 2.27. The molecule has 120 valence electrons. The van der Waals surface area contributed by atoms with E-state index in [1.165, 1.54) is 0 Å². The van der Waals surface area contributed by atoms with E-state index in [0.29, 0.717) is 10.7 Å². The maximum atomic E-state index is 13.0. The number of amides is 1. The first-order valence-electron chi connectivity index (χ1n) is 7.46. The van der Waals surface area contributed by atoms with Gasteiger partial charge in [-0.05, 0) is 42.8 Å². The number of anilines is 1. The molecule has 0 fully saturated rings. The van der Waals surface area contributed by atoms with E-state index in [2.05, 4.69) is 26.1 Å². The van der Waals surface area contributed by atoms with Crippen molar-refractivity contribution >= 4 is 39.1 Å². The molecule has 1 N–H and O–H groups in total. The summed E-state index contributed by atoms with van der Waals surface area (Å²) in [7, 11) is 0. The number of benzene rings is 2. The number of carbonyl (C=O) groups is 1. The molecule has 24 heavy (non-hydrogen) atoms. The minimum atomic E-state index is -0.291. The van der Waals surface area contributed by atoms with Crippen molar-refractivity contribution in [1.82, 2.24) is 10.2 Å². The Bertz CT molecular complexity index is 936. The highest BCUT2D eigenvalue weighted by Gasteiger charge is 2.42. The van der Waals surface area contributed by atoms with Gasteiger partial charge in [-0.3, -0.25) is 14.8 Å². The molecule has 1 aliphatic heterocycles. The molecule has 0 aliphatic carbocycles. The van der Waals surface area contributed by atoms with E-state index in [4.69, 9.17) is 11.6 Å². The second-order valence-corrected chi connectivity index (χ2v) is 7.01. The lowest BCUT2D eigenvalue weighted by Gasteiger charge is -2.27. The summed E-state index contributed by atoms with van der Waals surface area (Å²) >= 11 is 9.87. The van der Waals surface area contributed by atoms with Crippen LogP contribution < -0.4 is 4.90 Å². The van der Waals surface area contributed by atoms with E-state index in [1.54, 1.807) is 4.90 Å². The predicted molar refractivity (Wildman–Crippen MR) is 97.6 cm³/mol. The summed E-state index contributed by atoms with van der Waals surface area (Å²) in [6.45, 7) is 1.92. The van der Waals surface area contributed by atoms with Gasteiger partial charge in [0.25, 0.3) is 5.91 Å². The van der Waals surface area contributed by atoms with Crippen LogP contribution in [0, 0.1) is 6.92 Å². The maximum Gasteiger partial charge on any atom is 0.280 e. The van der Waals surface area contributed by atoms with Gasteiger partial charge in [0.15, 0.2) is 5.69 Å². The molecule has 0 radical (unpaired) electrons. The molecular weight excluding hydrogens is 390 g/mol. The maximum absolute atomic E-state index is 13.0. The van der Waals surface area contributed by atoms with Crippen LogP contribution in [0.3, 0.4) is 0 Å². The Morgan fingerprint density at radius 2 is 1.88 bits per heavy atom. The number of aryl methyl sites for hydroxylation is 1. The summed E-state index contributed by atoms with van der Waals surface area (Å²) in [5, 5.41) is 7.76. The number of aromatic amines is 1. The number of fused-ring (bicyclic) bond motifs is 1. The second-order valence-electron chi connectivity index (χ2n) is 5.69. The number of hydrogen-bond donors (Lipinski definition) is 1. The number of nitrogens with one attached hydrogen (secondary N) is 1. The quantitative estimate of drug-likeness (QED) is 0.664. The van der Waals surface area contributed by atoms with Gasteiger partial charge in [-0.2, -0.15) is 5.10 Å². The van der Waals surface area contributed by atoms with Gasteiger partial charge in [0.05, 0.1) is 6.04 Å². The molecule has 0 bridgehead atoms. The zero-order valence-electron chi connectivity index (χ0n) is 12.8. The van der Waals surface area contributed by atoms with Gasteiger partial charge in [0.2, 0.25) is 0 Å². The van der Waals surface area contributed by atoms with Gasteiger partial charge in [-0.15, -0.1) is 0 Å². The molecule has 1 amide bonds. The summed E-state index contributed by atoms with van der Waals surface area (Å²) in [5.41, 5.74) is 3.92. The van der Waals surface area contributed by atoms with Crippen molar-refractivity contribution in [1.29, 1.82) is 0 Å². The molecule has 0 unspecified atom stereocenters. The van der Waals surface area contributed by atoms with Crippen molar-refractivity contribution in [2.24, 2.45) is 0 Å². The normalized spacial score (nSPS) is 16.5. The molecule has 0 saturated carbocycles. The van der Waals surface area contributed by atoms with Crippen molar-refractivity contribution in [3.8, 4) is 0 Å². The monoisotopic (exact) mass is 401 g/mol. The molecule has 0 saturated heterocycles. The predicted octanol–water partition coefficient (Wildman–Crippen LogP) is 4.88. The average Bonchev–Trinajstić information content (AvgIpc) is 3.08. The first-order valence-corrected chi connectivity index (χ1v) is 8.63. The van der Waals surface area contributed by atoms with E-state index in [1.807, 2.05) is 55.5 Å². The highest BCUT2D eigenvalue weighted by molar-refractivity contribution is 9.10. The van der Waals surface area contributed by atoms with Crippen molar-refractivity contribution in [2.45, 2.75) is 13.0 Å². The lowest BCUT2D eigenvalue weighted by Crippen LogP contribution is -2.29. The van der Waals surface area contributed by atoms with E-state index in [9.17, 15) is 4.79 Å². The van der Waals surface area contributed by atoms with Crippen LogP contribution in [0.4, 0.5) is 5.69 Å². The molecule has 4 rings (SSSR count). The van der Waals surface area contributed by atoms with Crippen molar-refractivity contribution in [3.05, 3.63) is 80.5 Å². The van der Waals surface area contributed by atoms with Crippen LogP contribution in [0.2, 0.25) is 5.02 Å². The fourth-order valence-electron chi connectivity index (χ4n) is 3.16. The van der Waals surface area contributed by atoms with Gasteiger partial charge in [0.1, 0.15) is 0 Å².